The van der Waals surface area contributed by atoms with E-state index in [9.17, 15) is 13.2 Å². The second-order valence-electron chi connectivity index (χ2n) is 6.50. The van der Waals surface area contributed by atoms with Gasteiger partial charge in [0, 0.05) is 12.1 Å². The highest BCUT2D eigenvalue weighted by Crippen LogP contribution is 2.20. The average molecular weight is 426 g/mol. The number of nitrogens with one attached hydrogen (secondary N) is 1. The number of ether oxygens (including phenoxy) is 1. The predicted molar refractivity (Wildman–Crippen MR) is 106 cm³/mol. The SMILES string of the molecule is NS(=O)(=O)c1nnc(NC(=O)c2ccc(OCCCN3CCCCC3)cc2)s1. The third-order valence-corrected chi connectivity index (χ3v) is 6.47. The minimum Gasteiger partial charge on any atom is -0.494 e. The van der Waals surface area contributed by atoms with Gasteiger partial charge in [0.05, 0.1) is 6.61 Å². The number of primary sulfonamides is 1. The zero-order chi connectivity index (χ0) is 20.0. The van der Waals surface area contributed by atoms with Crippen molar-refractivity contribution in [2.24, 2.45) is 5.14 Å². The Balaban J connectivity index is 1.45. The van der Waals surface area contributed by atoms with Crippen LogP contribution in [-0.2, 0) is 10.0 Å². The van der Waals surface area contributed by atoms with Crippen LogP contribution in [0.25, 0.3) is 0 Å². The van der Waals surface area contributed by atoms with Crippen LogP contribution in [-0.4, -0.2) is 55.7 Å². The minimum atomic E-state index is -3.93. The monoisotopic (exact) mass is 425 g/mol. The van der Waals surface area contributed by atoms with E-state index >= 15 is 0 Å². The van der Waals surface area contributed by atoms with Crippen molar-refractivity contribution >= 4 is 32.4 Å². The molecule has 1 aromatic carbocycles. The normalized spacial score (nSPS) is 15.3. The van der Waals surface area contributed by atoms with Crippen molar-refractivity contribution in [3.63, 3.8) is 0 Å². The number of carbonyl (C=O) groups is 1. The molecule has 3 rings (SSSR count). The van der Waals surface area contributed by atoms with Gasteiger partial charge in [-0.25, -0.2) is 13.6 Å². The summed E-state index contributed by atoms with van der Waals surface area (Å²) in [5.41, 5.74) is 0.396. The summed E-state index contributed by atoms with van der Waals surface area (Å²) >= 11 is 0.695. The van der Waals surface area contributed by atoms with Crippen molar-refractivity contribution in [1.29, 1.82) is 0 Å². The van der Waals surface area contributed by atoms with Crippen molar-refractivity contribution < 1.29 is 17.9 Å². The van der Waals surface area contributed by atoms with Gasteiger partial charge in [0.1, 0.15) is 5.75 Å². The highest BCUT2D eigenvalue weighted by atomic mass is 32.2. The number of hydrogen-bond donors (Lipinski definition) is 2. The number of anilines is 1. The van der Waals surface area contributed by atoms with E-state index in [1.807, 2.05) is 0 Å². The Morgan fingerprint density at radius 3 is 2.54 bits per heavy atom. The molecule has 0 atom stereocenters. The van der Waals surface area contributed by atoms with Crippen LogP contribution in [0.3, 0.4) is 0 Å². The molecule has 0 aliphatic carbocycles. The zero-order valence-corrected chi connectivity index (χ0v) is 17.0. The number of sulfonamides is 1. The standard InChI is InChI=1S/C17H23N5O4S2/c18-28(24,25)17-21-20-16(27-17)19-15(23)13-5-7-14(8-6-13)26-12-4-11-22-9-2-1-3-10-22/h5-8H,1-4,9-12H2,(H2,18,24,25)(H,19,20,23). The molecule has 1 aromatic heterocycles. The highest BCUT2D eigenvalue weighted by Gasteiger charge is 2.17. The minimum absolute atomic E-state index is 0.0621. The summed E-state index contributed by atoms with van der Waals surface area (Å²) in [6.07, 6.45) is 4.86. The van der Waals surface area contributed by atoms with Crippen LogP contribution in [0.1, 0.15) is 36.0 Å². The van der Waals surface area contributed by atoms with Gasteiger partial charge in [-0.15, -0.1) is 10.2 Å². The van der Waals surface area contributed by atoms with Crippen LogP contribution in [0.5, 0.6) is 5.75 Å². The number of aromatic nitrogens is 2. The van der Waals surface area contributed by atoms with Gasteiger partial charge in [0.25, 0.3) is 15.9 Å². The number of benzene rings is 1. The van der Waals surface area contributed by atoms with E-state index in [2.05, 4.69) is 20.4 Å². The van der Waals surface area contributed by atoms with E-state index < -0.39 is 15.9 Å². The number of nitrogens with two attached hydrogens (primary N) is 1. The Morgan fingerprint density at radius 1 is 1.18 bits per heavy atom. The average Bonchev–Trinajstić information content (AvgIpc) is 3.15. The van der Waals surface area contributed by atoms with Gasteiger partial charge >= 0.3 is 0 Å². The van der Waals surface area contributed by atoms with Crippen molar-refractivity contribution in [1.82, 2.24) is 15.1 Å². The van der Waals surface area contributed by atoms with Crippen LogP contribution in [0, 0.1) is 0 Å². The molecular formula is C17H23N5O4S2. The molecule has 0 saturated carbocycles. The predicted octanol–water partition coefficient (Wildman–Crippen LogP) is 1.69. The highest BCUT2D eigenvalue weighted by molar-refractivity contribution is 7.91. The quantitative estimate of drug-likeness (QED) is 0.486. The van der Waals surface area contributed by atoms with E-state index in [1.165, 1.54) is 32.4 Å². The number of rotatable bonds is 8. The molecule has 3 N–H and O–H groups in total. The number of likely N-dealkylation sites (tertiary alicyclic amines) is 1. The first kappa shape index (κ1) is 20.6. The molecule has 1 saturated heterocycles. The van der Waals surface area contributed by atoms with Crippen molar-refractivity contribution in [2.75, 3.05) is 31.6 Å². The molecule has 2 heterocycles. The summed E-state index contributed by atoms with van der Waals surface area (Å²) in [7, 11) is -3.93. The van der Waals surface area contributed by atoms with Gasteiger partial charge in [-0.3, -0.25) is 10.1 Å². The van der Waals surface area contributed by atoms with E-state index in [1.54, 1.807) is 24.3 Å². The van der Waals surface area contributed by atoms with Gasteiger partial charge in [0.2, 0.25) is 9.47 Å². The fourth-order valence-electron chi connectivity index (χ4n) is 2.91. The Hall–Kier alpha value is -2.08. The summed E-state index contributed by atoms with van der Waals surface area (Å²) in [6.45, 7) is 4.03. The largest absolute Gasteiger partial charge is 0.494 e. The molecular weight excluding hydrogens is 402 g/mol. The summed E-state index contributed by atoms with van der Waals surface area (Å²) in [5.74, 6) is 0.274. The fourth-order valence-corrected chi connectivity index (χ4v) is 4.24. The molecule has 1 fully saturated rings. The van der Waals surface area contributed by atoms with E-state index in [0.717, 1.165) is 13.0 Å². The van der Waals surface area contributed by atoms with E-state index in [-0.39, 0.29) is 9.47 Å². The smallest absolute Gasteiger partial charge is 0.267 e. The van der Waals surface area contributed by atoms with Gasteiger partial charge in [-0.1, -0.05) is 17.8 Å². The number of nitrogens with zero attached hydrogens (tertiary/aromatic N) is 3. The summed E-state index contributed by atoms with van der Waals surface area (Å²) in [4.78, 5) is 14.7. The van der Waals surface area contributed by atoms with Crippen LogP contribution < -0.4 is 15.2 Å². The Kier molecular flexibility index (Phi) is 6.94. The molecule has 9 nitrogen and oxygen atoms in total. The summed E-state index contributed by atoms with van der Waals surface area (Å²) in [6, 6.07) is 6.73. The molecule has 1 aliphatic heterocycles. The molecule has 11 heteroatoms. The molecule has 2 aromatic rings. The number of carbonyl (C=O) groups excluding carboxylic acids is 1. The van der Waals surface area contributed by atoms with Gasteiger partial charge < -0.3 is 9.64 Å². The maximum atomic E-state index is 12.2. The first-order valence-electron chi connectivity index (χ1n) is 9.05. The molecule has 1 aliphatic rings. The Bertz CT molecular complexity index is 893. The lowest BCUT2D eigenvalue weighted by Gasteiger charge is -2.26. The topological polar surface area (TPSA) is 128 Å². The van der Waals surface area contributed by atoms with Crippen LogP contribution in [0.4, 0.5) is 5.13 Å². The summed E-state index contributed by atoms with van der Waals surface area (Å²) in [5, 5.41) is 14.6. The maximum Gasteiger partial charge on any atom is 0.267 e. The Morgan fingerprint density at radius 2 is 1.89 bits per heavy atom. The maximum absolute atomic E-state index is 12.2. The third-order valence-electron chi connectivity index (χ3n) is 4.32. The number of hydrogen-bond acceptors (Lipinski definition) is 8. The molecule has 0 bridgehead atoms. The van der Waals surface area contributed by atoms with Crippen LogP contribution in [0.2, 0.25) is 0 Å². The van der Waals surface area contributed by atoms with Gasteiger partial charge in [0.15, 0.2) is 0 Å². The fraction of sp³-hybridized carbons (Fsp3) is 0.471. The van der Waals surface area contributed by atoms with Gasteiger partial charge in [-0.05, 0) is 56.6 Å². The zero-order valence-electron chi connectivity index (χ0n) is 15.3. The van der Waals surface area contributed by atoms with Crippen LogP contribution in [0.15, 0.2) is 28.6 Å². The first-order chi connectivity index (χ1) is 13.4. The molecule has 0 radical (unpaired) electrons. The lowest BCUT2D eigenvalue weighted by molar-refractivity contribution is 0.102. The Labute approximate surface area is 168 Å². The third kappa shape index (κ3) is 5.96. The number of amides is 1. The molecule has 1 amide bonds. The number of piperidine rings is 1. The second kappa shape index (κ2) is 9.41. The summed E-state index contributed by atoms with van der Waals surface area (Å²) < 4.78 is 27.8. The molecule has 152 valence electrons. The van der Waals surface area contributed by atoms with Crippen LogP contribution >= 0.6 is 11.3 Å². The van der Waals surface area contributed by atoms with E-state index in [0.29, 0.717) is 29.3 Å². The molecule has 0 spiro atoms. The van der Waals surface area contributed by atoms with Crippen molar-refractivity contribution in [2.45, 2.75) is 30.0 Å². The van der Waals surface area contributed by atoms with Crippen molar-refractivity contribution in [3.05, 3.63) is 29.8 Å². The first-order valence-corrected chi connectivity index (χ1v) is 11.4. The lowest BCUT2D eigenvalue weighted by atomic mass is 10.1. The second-order valence-corrected chi connectivity index (χ2v) is 9.21. The lowest BCUT2D eigenvalue weighted by Crippen LogP contribution is -2.31. The molecule has 28 heavy (non-hydrogen) atoms. The van der Waals surface area contributed by atoms with Gasteiger partial charge in [-0.2, -0.15) is 0 Å². The van der Waals surface area contributed by atoms with E-state index in [4.69, 9.17) is 9.88 Å². The van der Waals surface area contributed by atoms with Crippen molar-refractivity contribution in [3.8, 4) is 5.75 Å². The molecule has 0 unspecified atom stereocenters.